The second kappa shape index (κ2) is 6.18. The minimum absolute atomic E-state index is 0.0793. The number of fused-ring (bicyclic) bond motifs is 1. The van der Waals surface area contributed by atoms with E-state index in [9.17, 15) is 4.79 Å². The number of aryl methyl sites for hydroxylation is 1. The zero-order valence-electron chi connectivity index (χ0n) is 12.8. The van der Waals surface area contributed by atoms with E-state index in [0.717, 1.165) is 23.9 Å². The van der Waals surface area contributed by atoms with Crippen LogP contribution in [0, 0.1) is 0 Å². The maximum absolute atomic E-state index is 11.1. The van der Waals surface area contributed by atoms with Crippen molar-refractivity contribution in [2.45, 2.75) is 32.4 Å². The lowest BCUT2D eigenvalue weighted by Gasteiger charge is -2.18. The number of rotatable bonds is 6. The number of nitrogens with two attached hydrogens (primary N) is 1. The van der Waals surface area contributed by atoms with Gasteiger partial charge in [0.25, 0.3) is 0 Å². The molecule has 0 amide bonds. The Balaban J connectivity index is 2.09. The quantitative estimate of drug-likeness (QED) is 0.829. The Morgan fingerprint density at radius 3 is 2.76 bits per heavy atom. The summed E-state index contributed by atoms with van der Waals surface area (Å²) in [6.45, 7) is 4.84. The standard InChI is InChI=1S/C16H22N2O3/c1-16(2,17)7-9-18-8-6-12-10-13(4-5-14(12)18)21-11-15(19)20-3/h4-6,8,10H,7,9,11,17H2,1-3H3. The fourth-order valence-electron chi connectivity index (χ4n) is 2.07. The summed E-state index contributed by atoms with van der Waals surface area (Å²) in [6, 6.07) is 7.80. The molecular weight excluding hydrogens is 268 g/mol. The number of nitrogens with zero attached hydrogens (tertiary/aromatic N) is 1. The van der Waals surface area contributed by atoms with Crippen molar-refractivity contribution in [1.82, 2.24) is 4.57 Å². The SMILES string of the molecule is COC(=O)COc1ccc2c(ccn2CCC(C)(C)N)c1. The van der Waals surface area contributed by atoms with Crippen LogP contribution in [0.15, 0.2) is 30.5 Å². The van der Waals surface area contributed by atoms with E-state index < -0.39 is 5.97 Å². The Hall–Kier alpha value is -2.01. The fourth-order valence-corrected chi connectivity index (χ4v) is 2.07. The maximum Gasteiger partial charge on any atom is 0.343 e. The van der Waals surface area contributed by atoms with Crippen molar-refractivity contribution in [3.8, 4) is 5.75 Å². The van der Waals surface area contributed by atoms with Crippen molar-refractivity contribution >= 4 is 16.9 Å². The Labute approximate surface area is 124 Å². The van der Waals surface area contributed by atoms with Gasteiger partial charge in [-0.25, -0.2) is 4.79 Å². The van der Waals surface area contributed by atoms with Crippen LogP contribution in [0.25, 0.3) is 10.9 Å². The Morgan fingerprint density at radius 1 is 1.33 bits per heavy atom. The van der Waals surface area contributed by atoms with Gasteiger partial charge in [-0.15, -0.1) is 0 Å². The fraction of sp³-hybridized carbons (Fsp3) is 0.438. The molecule has 0 aliphatic rings. The zero-order chi connectivity index (χ0) is 15.5. The van der Waals surface area contributed by atoms with Gasteiger partial charge in [0, 0.05) is 29.2 Å². The average Bonchev–Trinajstić information content (AvgIpc) is 2.84. The van der Waals surface area contributed by atoms with Gasteiger partial charge in [-0.05, 0) is 44.5 Å². The first-order valence-corrected chi connectivity index (χ1v) is 6.96. The molecule has 0 aliphatic heterocycles. The monoisotopic (exact) mass is 290 g/mol. The molecule has 114 valence electrons. The molecule has 0 atom stereocenters. The number of benzene rings is 1. The van der Waals surface area contributed by atoms with Gasteiger partial charge in [0.05, 0.1) is 7.11 Å². The highest BCUT2D eigenvalue weighted by Gasteiger charge is 2.11. The molecule has 5 nitrogen and oxygen atoms in total. The number of carbonyl (C=O) groups is 1. The third kappa shape index (κ3) is 4.23. The highest BCUT2D eigenvalue weighted by atomic mass is 16.6. The van der Waals surface area contributed by atoms with Crippen molar-refractivity contribution in [2.75, 3.05) is 13.7 Å². The minimum Gasteiger partial charge on any atom is -0.482 e. The van der Waals surface area contributed by atoms with Crippen LogP contribution in [0.1, 0.15) is 20.3 Å². The highest BCUT2D eigenvalue weighted by molar-refractivity contribution is 5.81. The van der Waals surface area contributed by atoms with Gasteiger partial charge in [-0.2, -0.15) is 0 Å². The lowest BCUT2D eigenvalue weighted by molar-refractivity contribution is -0.142. The van der Waals surface area contributed by atoms with E-state index in [-0.39, 0.29) is 12.1 Å². The first kappa shape index (κ1) is 15.4. The summed E-state index contributed by atoms with van der Waals surface area (Å²) >= 11 is 0. The molecule has 0 aliphatic carbocycles. The molecule has 2 rings (SSSR count). The molecule has 21 heavy (non-hydrogen) atoms. The summed E-state index contributed by atoms with van der Waals surface area (Å²) in [6.07, 6.45) is 2.94. The summed E-state index contributed by atoms with van der Waals surface area (Å²) in [5.74, 6) is 0.266. The molecule has 0 fully saturated rings. The molecule has 1 aromatic carbocycles. The zero-order valence-corrected chi connectivity index (χ0v) is 12.8. The van der Waals surface area contributed by atoms with E-state index in [2.05, 4.69) is 9.30 Å². The van der Waals surface area contributed by atoms with Crippen LogP contribution in [0.2, 0.25) is 0 Å². The first-order valence-electron chi connectivity index (χ1n) is 6.96. The molecule has 0 saturated heterocycles. The van der Waals surface area contributed by atoms with Gasteiger partial charge in [0.2, 0.25) is 0 Å². The third-order valence-electron chi connectivity index (χ3n) is 3.32. The normalized spacial score (nSPS) is 11.6. The van der Waals surface area contributed by atoms with E-state index in [4.69, 9.17) is 10.5 Å². The van der Waals surface area contributed by atoms with E-state index in [0.29, 0.717) is 5.75 Å². The molecule has 0 radical (unpaired) electrons. The van der Waals surface area contributed by atoms with Gasteiger partial charge in [0.15, 0.2) is 6.61 Å². The molecule has 1 aromatic heterocycles. The molecule has 2 N–H and O–H groups in total. The predicted octanol–water partition coefficient (Wildman–Crippen LogP) is 2.32. The predicted molar refractivity (Wildman–Crippen MR) is 82.3 cm³/mol. The molecule has 1 heterocycles. The number of carbonyl (C=O) groups excluding carboxylic acids is 1. The molecule has 5 heteroatoms. The van der Waals surface area contributed by atoms with E-state index >= 15 is 0 Å². The Morgan fingerprint density at radius 2 is 2.10 bits per heavy atom. The van der Waals surface area contributed by atoms with Crippen LogP contribution in [-0.2, 0) is 16.1 Å². The van der Waals surface area contributed by atoms with Gasteiger partial charge in [-0.1, -0.05) is 0 Å². The van der Waals surface area contributed by atoms with Crippen LogP contribution < -0.4 is 10.5 Å². The number of esters is 1. The van der Waals surface area contributed by atoms with Gasteiger partial charge in [-0.3, -0.25) is 0 Å². The van der Waals surface area contributed by atoms with Crippen molar-refractivity contribution in [3.63, 3.8) is 0 Å². The van der Waals surface area contributed by atoms with E-state index in [1.165, 1.54) is 7.11 Å². The Bertz CT molecular complexity index is 626. The maximum atomic E-state index is 11.1. The number of ether oxygens (including phenoxy) is 2. The Kier molecular flexibility index (Phi) is 4.53. The lowest BCUT2D eigenvalue weighted by atomic mass is 10.0. The van der Waals surface area contributed by atoms with Crippen LogP contribution in [-0.4, -0.2) is 29.8 Å². The van der Waals surface area contributed by atoms with Crippen molar-refractivity contribution < 1.29 is 14.3 Å². The van der Waals surface area contributed by atoms with E-state index in [1.807, 2.05) is 44.3 Å². The third-order valence-corrected chi connectivity index (χ3v) is 3.32. The second-order valence-electron chi connectivity index (χ2n) is 5.83. The van der Waals surface area contributed by atoms with Crippen molar-refractivity contribution in [3.05, 3.63) is 30.5 Å². The van der Waals surface area contributed by atoms with Crippen LogP contribution in [0.3, 0.4) is 0 Å². The van der Waals surface area contributed by atoms with Crippen LogP contribution in [0.4, 0.5) is 0 Å². The molecule has 0 bridgehead atoms. The molecule has 0 unspecified atom stereocenters. The average molecular weight is 290 g/mol. The first-order chi connectivity index (χ1) is 9.89. The topological polar surface area (TPSA) is 66.5 Å². The molecule has 0 spiro atoms. The largest absolute Gasteiger partial charge is 0.482 e. The van der Waals surface area contributed by atoms with Crippen LogP contribution in [0.5, 0.6) is 5.75 Å². The van der Waals surface area contributed by atoms with Crippen molar-refractivity contribution in [1.29, 1.82) is 0 Å². The summed E-state index contributed by atoms with van der Waals surface area (Å²) in [5, 5.41) is 1.08. The van der Waals surface area contributed by atoms with Gasteiger partial charge >= 0.3 is 5.97 Å². The van der Waals surface area contributed by atoms with Crippen LogP contribution >= 0.6 is 0 Å². The van der Waals surface area contributed by atoms with Gasteiger partial charge < -0.3 is 19.8 Å². The summed E-state index contributed by atoms with van der Waals surface area (Å²) in [7, 11) is 1.34. The van der Waals surface area contributed by atoms with Gasteiger partial charge in [0.1, 0.15) is 5.75 Å². The molecule has 0 saturated carbocycles. The second-order valence-corrected chi connectivity index (χ2v) is 5.83. The highest BCUT2D eigenvalue weighted by Crippen LogP contribution is 2.23. The number of hydrogen-bond acceptors (Lipinski definition) is 4. The molecular formula is C16H22N2O3. The summed E-state index contributed by atoms with van der Waals surface area (Å²) in [4.78, 5) is 11.1. The van der Waals surface area contributed by atoms with Crippen molar-refractivity contribution in [2.24, 2.45) is 5.73 Å². The minimum atomic E-state index is -0.391. The lowest BCUT2D eigenvalue weighted by Crippen LogP contribution is -2.33. The molecule has 2 aromatic rings. The summed E-state index contributed by atoms with van der Waals surface area (Å²) < 4.78 is 12.1. The number of methoxy groups -OCH3 is 1. The van der Waals surface area contributed by atoms with E-state index in [1.54, 1.807) is 0 Å². The summed E-state index contributed by atoms with van der Waals surface area (Å²) in [5.41, 5.74) is 6.97. The number of aromatic nitrogens is 1. The number of hydrogen-bond donors (Lipinski definition) is 1. The smallest absolute Gasteiger partial charge is 0.343 e.